The van der Waals surface area contributed by atoms with Crippen molar-refractivity contribution >= 4 is 17.7 Å². The summed E-state index contributed by atoms with van der Waals surface area (Å²) in [5.74, 6) is -1.30. The van der Waals surface area contributed by atoms with Gasteiger partial charge < -0.3 is 5.11 Å². The van der Waals surface area contributed by atoms with Crippen LogP contribution in [0, 0.1) is 12.7 Å². The standard InChI is InChI=1S/C18H15FN2O2/c1-12-3-2-10-21-16(8-9-17(22)23)15(20-18(12)21)11-13-4-6-14(19)7-5-13/h2-10H,11H2,1H3,(H,22,23)/b9-8+. The number of aromatic nitrogens is 2. The van der Waals surface area contributed by atoms with Crippen LogP contribution in [-0.4, -0.2) is 20.5 Å². The summed E-state index contributed by atoms with van der Waals surface area (Å²) in [6.07, 6.45) is 4.99. The molecule has 0 aliphatic heterocycles. The second kappa shape index (κ2) is 6.04. The summed E-state index contributed by atoms with van der Waals surface area (Å²) in [5, 5.41) is 8.89. The third-order valence-corrected chi connectivity index (χ3v) is 3.63. The van der Waals surface area contributed by atoms with Gasteiger partial charge in [-0.15, -0.1) is 0 Å². The average Bonchev–Trinajstić information content (AvgIpc) is 2.86. The number of carbonyl (C=O) groups is 1. The van der Waals surface area contributed by atoms with Gasteiger partial charge in [0.2, 0.25) is 0 Å². The Morgan fingerprint density at radius 2 is 2.04 bits per heavy atom. The fourth-order valence-corrected chi connectivity index (χ4v) is 2.52. The van der Waals surface area contributed by atoms with E-state index < -0.39 is 5.97 Å². The molecule has 2 heterocycles. The van der Waals surface area contributed by atoms with Crippen LogP contribution in [0.2, 0.25) is 0 Å². The Hall–Kier alpha value is -2.95. The number of imidazole rings is 1. The number of benzene rings is 1. The first kappa shape index (κ1) is 15.0. The molecule has 0 saturated carbocycles. The Morgan fingerprint density at radius 3 is 2.74 bits per heavy atom. The molecule has 0 atom stereocenters. The van der Waals surface area contributed by atoms with Crippen molar-refractivity contribution in [3.05, 3.63) is 77.0 Å². The Morgan fingerprint density at radius 1 is 1.30 bits per heavy atom. The van der Waals surface area contributed by atoms with Gasteiger partial charge in [0.1, 0.15) is 11.5 Å². The smallest absolute Gasteiger partial charge is 0.328 e. The van der Waals surface area contributed by atoms with Gasteiger partial charge in [-0.05, 0) is 42.3 Å². The van der Waals surface area contributed by atoms with Crippen LogP contribution < -0.4 is 0 Å². The van der Waals surface area contributed by atoms with E-state index in [9.17, 15) is 9.18 Å². The van der Waals surface area contributed by atoms with Gasteiger partial charge in [-0.1, -0.05) is 18.2 Å². The number of hydrogen-bond donors (Lipinski definition) is 1. The van der Waals surface area contributed by atoms with Crippen molar-refractivity contribution in [2.24, 2.45) is 0 Å². The molecule has 3 aromatic rings. The largest absolute Gasteiger partial charge is 0.478 e. The van der Waals surface area contributed by atoms with E-state index in [-0.39, 0.29) is 5.82 Å². The first-order chi connectivity index (χ1) is 11.0. The first-order valence-electron chi connectivity index (χ1n) is 7.16. The molecule has 0 unspecified atom stereocenters. The lowest BCUT2D eigenvalue weighted by Crippen LogP contribution is -1.95. The Bertz CT molecular complexity index is 895. The minimum atomic E-state index is -1.01. The zero-order chi connectivity index (χ0) is 16.4. The van der Waals surface area contributed by atoms with Gasteiger partial charge in [0.15, 0.2) is 0 Å². The van der Waals surface area contributed by atoms with Crippen molar-refractivity contribution in [2.75, 3.05) is 0 Å². The van der Waals surface area contributed by atoms with E-state index in [0.29, 0.717) is 6.42 Å². The Balaban J connectivity index is 2.10. The summed E-state index contributed by atoms with van der Waals surface area (Å²) >= 11 is 0. The number of fused-ring (bicyclic) bond motifs is 1. The van der Waals surface area contributed by atoms with Crippen molar-refractivity contribution < 1.29 is 14.3 Å². The minimum Gasteiger partial charge on any atom is -0.478 e. The van der Waals surface area contributed by atoms with E-state index >= 15 is 0 Å². The highest BCUT2D eigenvalue weighted by Gasteiger charge is 2.12. The molecule has 0 radical (unpaired) electrons. The van der Waals surface area contributed by atoms with Crippen molar-refractivity contribution in [3.8, 4) is 0 Å². The lowest BCUT2D eigenvalue weighted by Gasteiger charge is -2.01. The monoisotopic (exact) mass is 310 g/mol. The molecule has 1 aromatic carbocycles. The number of pyridine rings is 1. The topological polar surface area (TPSA) is 54.6 Å². The molecule has 0 aliphatic rings. The van der Waals surface area contributed by atoms with Crippen molar-refractivity contribution in [1.82, 2.24) is 9.38 Å². The van der Waals surface area contributed by atoms with Crippen LogP contribution in [0.5, 0.6) is 0 Å². The van der Waals surface area contributed by atoms with E-state index in [1.807, 2.05) is 29.7 Å². The van der Waals surface area contributed by atoms with Crippen LogP contribution in [0.4, 0.5) is 4.39 Å². The van der Waals surface area contributed by atoms with Gasteiger partial charge in [0.05, 0.1) is 11.4 Å². The maximum Gasteiger partial charge on any atom is 0.328 e. The SMILES string of the molecule is Cc1cccn2c(/C=C/C(=O)O)c(Cc3ccc(F)cc3)nc12. The Kier molecular flexibility index (Phi) is 3.93. The Labute approximate surface area is 132 Å². The van der Waals surface area contributed by atoms with Gasteiger partial charge in [0, 0.05) is 18.7 Å². The molecule has 23 heavy (non-hydrogen) atoms. The lowest BCUT2D eigenvalue weighted by atomic mass is 10.1. The number of halogens is 1. The van der Waals surface area contributed by atoms with E-state index in [2.05, 4.69) is 4.98 Å². The predicted molar refractivity (Wildman–Crippen MR) is 85.8 cm³/mol. The molecule has 4 nitrogen and oxygen atoms in total. The maximum absolute atomic E-state index is 13.0. The normalized spacial score (nSPS) is 11.4. The van der Waals surface area contributed by atoms with Crippen molar-refractivity contribution in [1.29, 1.82) is 0 Å². The number of carboxylic acids is 1. The van der Waals surface area contributed by atoms with Crippen LogP contribution >= 0.6 is 0 Å². The van der Waals surface area contributed by atoms with Crippen molar-refractivity contribution in [3.63, 3.8) is 0 Å². The molecule has 5 heteroatoms. The molecule has 0 amide bonds. The molecule has 1 N–H and O–H groups in total. The van der Waals surface area contributed by atoms with Gasteiger partial charge in [0.25, 0.3) is 0 Å². The van der Waals surface area contributed by atoms with E-state index in [4.69, 9.17) is 5.11 Å². The summed E-state index contributed by atoms with van der Waals surface area (Å²) in [5.41, 5.74) is 4.17. The molecular formula is C18H15FN2O2. The van der Waals surface area contributed by atoms with E-state index in [0.717, 1.165) is 34.2 Å². The summed E-state index contributed by atoms with van der Waals surface area (Å²) in [4.78, 5) is 15.5. The zero-order valence-corrected chi connectivity index (χ0v) is 12.5. The predicted octanol–water partition coefficient (Wildman–Crippen LogP) is 3.47. The molecule has 0 fully saturated rings. The molecule has 2 aromatic heterocycles. The van der Waals surface area contributed by atoms with E-state index in [1.54, 1.807) is 18.2 Å². The van der Waals surface area contributed by atoms with E-state index in [1.165, 1.54) is 12.1 Å². The highest BCUT2D eigenvalue weighted by molar-refractivity contribution is 5.85. The van der Waals surface area contributed by atoms with Gasteiger partial charge >= 0.3 is 5.97 Å². The number of aryl methyl sites for hydroxylation is 1. The van der Waals surface area contributed by atoms with Crippen LogP contribution in [0.3, 0.4) is 0 Å². The van der Waals surface area contributed by atoms with Gasteiger partial charge in [-0.2, -0.15) is 0 Å². The number of nitrogens with zero attached hydrogens (tertiary/aromatic N) is 2. The number of carboxylic acid groups (broad SMARTS) is 1. The first-order valence-corrected chi connectivity index (χ1v) is 7.16. The van der Waals surface area contributed by atoms with Crippen LogP contribution in [0.15, 0.2) is 48.7 Å². The quantitative estimate of drug-likeness (QED) is 0.751. The molecular weight excluding hydrogens is 295 g/mol. The van der Waals surface area contributed by atoms with Crippen LogP contribution in [0.25, 0.3) is 11.7 Å². The summed E-state index contributed by atoms with van der Waals surface area (Å²) in [7, 11) is 0. The summed E-state index contributed by atoms with van der Waals surface area (Å²) in [6.45, 7) is 1.95. The molecule has 0 spiro atoms. The second-order valence-corrected chi connectivity index (χ2v) is 5.30. The molecule has 0 saturated heterocycles. The molecule has 3 rings (SSSR count). The summed E-state index contributed by atoms with van der Waals surface area (Å²) < 4.78 is 14.9. The highest BCUT2D eigenvalue weighted by atomic mass is 19.1. The van der Waals surface area contributed by atoms with Gasteiger partial charge in [-0.3, -0.25) is 4.40 Å². The van der Waals surface area contributed by atoms with Crippen molar-refractivity contribution in [2.45, 2.75) is 13.3 Å². The number of hydrogen-bond acceptors (Lipinski definition) is 2. The number of aliphatic carboxylic acids is 1. The van der Waals surface area contributed by atoms with Crippen LogP contribution in [-0.2, 0) is 11.2 Å². The molecule has 0 aliphatic carbocycles. The lowest BCUT2D eigenvalue weighted by molar-refractivity contribution is -0.131. The highest BCUT2D eigenvalue weighted by Crippen LogP contribution is 2.20. The van der Waals surface area contributed by atoms with Gasteiger partial charge in [-0.25, -0.2) is 14.2 Å². The zero-order valence-electron chi connectivity index (χ0n) is 12.5. The number of rotatable bonds is 4. The summed E-state index contributed by atoms with van der Waals surface area (Å²) in [6, 6.07) is 10.1. The molecule has 0 bridgehead atoms. The fraction of sp³-hybridized carbons (Fsp3) is 0.111. The third kappa shape index (κ3) is 3.13. The fourth-order valence-electron chi connectivity index (χ4n) is 2.52. The van der Waals surface area contributed by atoms with Crippen LogP contribution in [0.1, 0.15) is 22.5 Å². The maximum atomic E-state index is 13.0. The molecule has 116 valence electrons. The average molecular weight is 310 g/mol. The minimum absolute atomic E-state index is 0.286. The third-order valence-electron chi connectivity index (χ3n) is 3.63. The second-order valence-electron chi connectivity index (χ2n) is 5.30.